The number of nitrogens with zero attached hydrogens (tertiary/aromatic N) is 2. The van der Waals surface area contributed by atoms with Gasteiger partial charge >= 0.3 is 0 Å². The lowest BCUT2D eigenvalue weighted by Crippen LogP contribution is -1.82. The first-order chi connectivity index (χ1) is 6.27. The number of rotatable bonds is 1. The molecule has 2 aromatic rings. The highest BCUT2D eigenvalue weighted by Gasteiger charge is 2.07. The van der Waals surface area contributed by atoms with Crippen molar-refractivity contribution >= 4 is 15.9 Å². The Kier molecular flexibility index (Phi) is 2.14. The second-order valence-electron chi connectivity index (χ2n) is 2.70. The Morgan fingerprint density at radius 1 is 1.38 bits per heavy atom. The monoisotopic (exact) mass is 237 g/mol. The smallest absolute Gasteiger partial charge is 0.121 e. The van der Waals surface area contributed by atoms with Gasteiger partial charge in [0.25, 0.3) is 0 Å². The highest BCUT2D eigenvalue weighted by atomic mass is 79.9. The first-order valence-corrected chi connectivity index (χ1v) is 4.70. The fourth-order valence-corrected chi connectivity index (χ4v) is 1.71. The van der Waals surface area contributed by atoms with E-state index in [1.807, 2.05) is 25.1 Å². The van der Waals surface area contributed by atoms with Gasteiger partial charge in [-0.1, -0.05) is 6.07 Å². The first kappa shape index (κ1) is 8.44. The molecule has 0 bridgehead atoms. The van der Waals surface area contributed by atoms with Crippen LogP contribution in [0.2, 0.25) is 0 Å². The lowest BCUT2D eigenvalue weighted by atomic mass is 10.3. The molecule has 0 aromatic carbocycles. The SMILES string of the molecule is Cc1nc(-c2ccccn2)c(Br)[nH]1. The average Bonchev–Trinajstić information content (AvgIpc) is 2.47. The van der Waals surface area contributed by atoms with E-state index in [2.05, 4.69) is 30.9 Å². The standard InChI is InChI=1S/C9H8BrN3/c1-6-12-8(9(10)13-6)7-4-2-3-5-11-7/h2-5H,1H3,(H,12,13). The minimum Gasteiger partial charge on any atom is -0.336 e. The number of imidazole rings is 1. The van der Waals surface area contributed by atoms with Gasteiger partial charge < -0.3 is 4.98 Å². The van der Waals surface area contributed by atoms with Crippen molar-refractivity contribution in [2.24, 2.45) is 0 Å². The van der Waals surface area contributed by atoms with Gasteiger partial charge in [-0.25, -0.2) is 4.98 Å². The third-order valence-corrected chi connectivity index (χ3v) is 2.26. The highest BCUT2D eigenvalue weighted by molar-refractivity contribution is 9.10. The molecule has 0 saturated carbocycles. The summed E-state index contributed by atoms with van der Waals surface area (Å²) in [7, 11) is 0. The van der Waals surface area contributed by atoms with Crippen molar-refractivity contribution in [3.63, 3.8) is 0 Å². The summed E-state index contributed by atoms with van der Waals surface area (Å²) in [5, 5.41) is 0. The minimum absolute atomic E-state index is 0.859. The molecule has 1 N–H and O–H groups in total. The van der Waals surface area contributed by atoms with Crippen LogP contribution in [0.4, 0.5) is 0 Å². The van der Waals surface area contributed by atoms with Crippen LogP contribution >= 0.6 is 15.9 Å². The van der Waals surface area contributed by atoms with Crippen molar-refractivity contribution in [2.75, 3.05) is 0 Å². The number of H-pyrrole nitrogens is 1. The molecule has 4 heteroatoms. The summed E-state index contributed by atoms with van der Waals surface area (Å²) in [4.78, 5) is 11.6. The van der Waals surface area contributed by atoms with Crippen molar-refractivity contribution in [2.45, 2.75) is 6.92 Å². The van der Waals surface area contributed by atoms with Crippen molar-refractivity contribution < 1.29 is 0 Å². The van der Waals surface area contributed by atoms with Crippen molar-refractivity contribution in [1.82, 2.24) is 15.0 Å². The lowest BCUT2D eigenvalue weighted by Gasteiger charge is -1.94. The second kappa shape index (κ2) is 3.30. The topological polar surface area (TPSA) is 41.6 Å². The number of aromatic amines is 1. The number of aryl methyl sites for hydroxylation is 1. The highest BCUT2D eigenvalue weighted by Crippen LogP contribution is 2.23. The zero-order valence-corrected chi connectivity index (χ0v) is 8.67. The van der Waals surface area contributed by atoms with Crippen LogP contribution in [0.15, 0.2) is 29.0 Å². The third kappa shape index (κ3) is 1.62. The minimum atomic E-state index is 0.859. The maximum absolute atomic E-state index is 4.32. The lowest BCUT2D eigenvalue weighted by molar-refractivity contribution is 1.14. The van der Waals surface area contributed by atoms with Gasteiger partial charge in [-0.15, -0.1) is 0 Å². The fraction of sp³-hybridized carbons (Fsp3) is 0.111. The maximum Gasteiger partial charge on any atom is 0.121 e. The Morgan fingerprint density at radius 3 is 2.77 bits per heavy atom. The molecule has 0 aliphatic heterocycles. The maximum atomic E-state index is 4.32. The molecule has 0 spiro atoms. The molecule has 2 rings (SSSR count). The summed E-state index contributed by atoms with van der Waals surface area (Å²) in [6.07, 6.45) is 1.76. The normalized spacial score (nSPS) is 10.3. The number of aromatic nitrogens is 3. The van der Waals surface area contributed by atoms with Gasteiger partial charge in [-0.05, 0) is 35.0 Å². The molecular formula is C9H8BrN3. The van der Waals surface area contributed by atoms with Crippen molar-refractivity contribution in [1.29, 1.82) is 0 Å². The van der Waals surface area contributed by atoms with Crippen molar-refractivity contribution in [3.8, 4) is 11.4 Å². The molecule has 66 valence electrons. The van der Waals surface area contributed by atoms with Crippen LogP contribution in [0.5, 0.6) is 0 Å². The van der Waals surface area contributed by atoms with Gasteiger partial charge in [0.05, 0.1) is 5.69 Å². The summed E-state index contributed by atoms with van der Waals surface area (Å²) in [5.41, 5.74) is 1.73. The average molecular weight is 238 g/mol. The number of halogens is 1. The molecule has 3 nitrogen and oxygen atoms in total. The molecule has 0 aliphatic carbocycles. The quantitative estimate of drug-likeness (QED) is 0.829. The number of pyridine rings is 1. The van der Waals surface area contributed by atoms with E-state index in [4.69, 9.17) is 0 Å². The van der Waals surface area contributed by atoms with E-state index in [-0.39, 0.29) is 0 Å². The van der Waals surface area contributed by atoms with E-state index < -0.39 is 0 Å². The van der Waals surface area contributed by atoms with Gasteiger partial charge in [0, 0.05) is 6.20 Å². The molecule has 0 fully saturated rings. The predicted molar refractivity (Wildman–Crippen MR) is 54.3 cm³/mol. The van der Waals surface area contributed by atoms with Crippen LogP contribution in [-0.2, 0) is 0 Å². The number of nitrogens with one attached hydrogen (secondary N) is 1. The van der Waals surface area contributed by atoms with Crippen LogP contribution in [0, 0.1) is 6.92 Å². The molecule has 0 amide bonds. The molecule has 2 aromatic heterocycles. The summed E-state index contributed by atoms with van der Waals surface area (Å²) < 4.78 is 0.878. The van der Waals surface area contributed by atoms with E-state index in [0.29, 0.717) is 0 Å². The summed E-state index contributed by atoms with van der Waals surface area (Å²) >= 11 is 3.40. The van der Waals surface area contributed by atoms with E-state index in [0.717, 1.165) is 21.8 Å². The number of hydrogen-bond acceptors (Lipinski definition) is 2. The van der Waals surface area contributed by atoms with Crippen LogP contribution in [0.1, 0.15) is 5.82 Å². The fourth-order valence-electron chi connectivity index (χ4n) is 1.14. The van der Waals surface area contributed by atoms with Gasteiger partial charge in [-0.2, -0.15) is 0 Å². The molecule has 0 unspecified atom stereocenters. The Hall–Kier alpha value is -1.16. The molecule has 0 atom stereocenters. The molecule has 2 heterocycles. The summed E-state index contributed by atoms with van der Waals surface area (Å²) in [5.74, 6) is 0.882. The Morgan fingerprint density at radius 2 is 2.23 bits per heavy atom. The van der Waals surface area contributed by atoms with Gasteiger partial charge in [-0.3, -0.25) is 4.98 Å². The Bertz CT molecular complexity index is 408. The first-order valence-electron chi connectivity index (χ1n) is 3.91. The van der Waals surface area contributed by atoms with Crippen molar-refractivity contribution in [3.05, 3.63) is 34.8 Å². The van der Waals surface area contributed by atoms with Crippen LogP contribution in [-0.4, -0.2) is 15.0 Å². The van der Waals surface area contributed by atoms with E-state index in [9.17, 15) is 0 Å². The third-order valence-electron chi connectivity index (χ3n) is 1.69. The predicted octanol–water partition coefficient (Wildman–Crippen LogP) is 2.54. The van der Waals surface area contributed by atoms with Crippen LogP contribution in [0.25, 0.3) is 11.4 Å². The second-order valence-corrected chi connectivity index (χ2v) is 3.49. The largest absolute Gasteiger partial charge is 0.336 e. The number of hydrogen-bond donors (Lipinski definition) is 1. The zero-order chi connectivity index (χ0) is 9.26. The van der Waals surface area contributed by atoms with E-state index in [1.54, 1.807) is 6.20 Å². The van der Waals surface area contributed by atoms with Gasteiger partial charge in [0.2, 0.25) is 0 Å². The molecule has 0 saturated heterocycles. The zero-order valence-electron chi connectivity index (χ0n) is 7.08. The van der Waals surface area contributed by atoms with Crippen LogP contribution < -0.4 is 0 Å². The molecular weight excluding hydrogens is 230 g/mol. The van der Waals surface area contributed by atoms with Gasteiger partial charge in [0.1, 0.15) is 16.1 Å². The molecule has 0 aliphatic rings. The van der Waals surface area contributed by atoms with E-state index >= 15 is 0 Å². The Labute approximate surface area is 84.4 Å². The van der Waals surface area contributed by atoms with E-state index in [1.165, 1.54) is 0 Å². The van der Waals surface area contributed by atoms with Crippen LogP contribution in [0.3, 0.4) is 0 Å². The molecule has 0 radical (unpaired) electrons. The summed E-state index contributed by atoms with van der Waals surface area (Å²) in [6, 6.07) is 5.76. The van der Waals surface area contributed by atoms with Gasteiger partial charge in [0.15, 0.2) is 0 Å². The Balaban J connectivity index is 2.53. The summed E-state index contributed by atoms with van der Waals surface area (Å²) in [6.45, 7) is 1.91. The molecule has 13 heavy (non-hydrogen) atoms.